The van der Waals surface area contributed by atoms with E-state index in [0.29, 0.717) is 40.8 Å². The second kappa shape index (κ2) is 6.31. The first-order valence-corrected chi connectivity index (χ1v) is 7.15. The summed E-state index contributed by atoms with van der Waals surface area (Å²) in [6.45, 7) is 2.10. The Bertz CT molecular complexity index is 825. The fourth-order valence-corrected chi connectivity index (χ4v) is 2.10. The topological polar surface area (TPSA) is 91.2 Å². The predicted molar refractivity (Wildman–Crippen MR) is 85.5 cm³/mol. The lowest BCUT2D eigenvalue weighted by atomic mass is 10.1. The first-order valence-electron chi connectivity index (χ1n) is 7.15. The number of carbonyl (C=O) groups is 1. The molecule has 0 radical (unpaired) electrons. The maximum absolute atomic E-state index is 11.6. The Morgan fingerprint density at radius 3 is 2.48 bits per heavy atom. The number of nitrogens with two attached hydrogens (primary N) is 1. The summed E-state index contributed by atoms with van der Waals surface area (Å²) < 4.78 is 10.6. The van der Waals surface area contributed by atoms with E-state index in [-0.39, 0.29) is 5.97 Å². The lowest BCUT2D eigenvalue weighted by Gasteiger charge is -2.02. The highest BCUT2D eigenvalue weighted by Gasteiger charge is 2.13. The van der Waals surface area contributed by atoms with Gasteiger partial charge in [0, 0.05) is 11.3 Å². The van der Waals surface area contributed by atoms with Crippen molar-refractivity contribution in [1.29, 1.82) is 0 Å². The second-order valence-electron chi connectivity index (χ2n) is 4.80. The molecule has 0 fully saturated rings. The van der Waals surface area contributed by atoms with Crippen LogP contribution in [0.5, 0.6) is 0 Å². The van der Waals surface area contributed by atoms with Crippen LogP contribution in [-0.4, -0.2) is 22.8 Å². The van der Waals surface area contributed by atoms with E-state index in [2.05, 4.69) is 10.2 Å². The molecule has 0 saturated carbocycles. The van der Waals surface area contributed by atoms with Gasteiger partial charge in [0.1, 0.15) is 0 Å². The van der Waals surface area contributed by atoms with Crippen LogP contribution in [0.3, 0.4) is 0 Å². The fourth-order valence-electron chi connectivity index (χ4n) is 2.10. The molecule has 2 N–H and O–H groups in total. The molecule has 0 aliphatic rings. The van der Waals surface area contributed by atoms with Crippen molar-refractivity contribution in [2.45, 2.75) is 6.92 Å². The Morgan fingerprint density at radius 2 is 1.78 bits per heavy atom. The molecular weight excluding hydrogens is 294 g/mol. The maximum Gasteiger partial charge on any atom is 0.338 e. The van der Waals surface area contributed by atoms with Crippen molar-refractivity contribution in [3.8, 4) is 22.9 Å². The summed E-state index contributed by atoms with van der Waals surface area (Å²) in [5.41, 5.74) is 8.35. The van der Waals surface area contributed by atoms with E-state index in [4.69, 9.17) is 14.9 Å². The van der Waals surface area contributed by atoms with E-state index in [0.717, 1.165) is 0 Å². The van der Waals surface area contributed by atoms with Gasteiger partial charge in [-0.3, -0.25) is 0 Å². The maximum atomic E-state index is 11.6. The predicted octanol–water partition coefficient (Wildman–Crippen LogP) is 3.16. The van der Waals surface area contributed by atoms with Crippen molar-refractivity contribution >= 4 is 11.7 Å². The molecule has 3 aromatic rings. The van der Waals surface area contributed by atoms with Gasteiger partial charge in [-0.05, 0) is 43.3 Å². The number of carbonyl (C=O) groups excluding carboxylic acids is 1. The van der Waals surface area contributed by atoms with Crippen molar-refractivity contribution in [2.75, 3.05) is 12.3 Å². The summed E-state index contributed by atoms with van der Waals surface area (Å²) in [5, 5.41) is 8.05. The fraction of sp³-hybridized carbons (Fsp3) is 0.118. The average Bonchev–Trinajstić information content (AvgIpc) is 3.05. The summed E-state index contributed by atoms with van der Waals surface area (Å²) in [6, 6.07) is 14.1. The molecule has 0 aliphatic carbocycles. The van der Waals surface area contributed by atoms with Gasteiger partial charge in [0.25, 0.3) is 0 Å². The van der Waals surface area contributed by atoms with Gasteiger partial charge >= 0.3 is 5.97 Å². The molecule has 3 rings (SSSR count). The van der Waals surface area contributed by atoms with E-state index in [1.807, 2.05) is 18.2 Å². The minimum absolute atomic E-state index is 0.339. The molecule has 0 saturated heterocycles. The lowest BCUT2D eigenvalue weighted by Crippen LogP contribution is -2.03. The number of aromatic nitrogens is 2. The lowest BCUT2D eigenvalue weighted by molar-refractivity contribution is 0.0526. The SMILES string of the molecule is CCOC(=O)c1ccc(-c2nnc(-c3ccccc3N)o2)cc1. The highest BCUT2D eigenvalue weighted by Crippen LogP contribution is 2.27. The number of hydrogen-bond acceptors (Lipinski definition) is 6. The molecule has 0 spiro atoms. The standard InChI is InChI=1S/C17H15N3O3/c1-2-22-17(21)12-9-7-11(8-10-12)15-19-20-16(23-15)13-5-3-4-6-14(13)18/h3-10H,2,18H2,1H3. The highest BCUT2D eigenvalue weighted by atomic mass is 16.5. The Labute approximate surface area is 132 Å². The summed E-state index contributed by atoms with van der Waals surface area (Å²) in [6.07, 6.45) is 0. The van der Waals surface area contributed by atoms with Crippen LogP contribution in [0.1, 0.15) is 17.3 Å². The van der Waals surface area contributed by atoms with E-state index in [9.17, 15) is 4.79 Å². The third kappa shape index (κ3) is 3.06. The molecule has 116 valence electrons. The van der Waals surface area contributed by atoms with Gasteiger partial charge in [-0.15, -0.1) is 10.2 Å². The molecule has 0 atom stereocenters. The minimum Gasteiger partial charge on any atom is -0.462 e. The van der Waals surface area contributed by atoms with Crippen LogP contribution in [0.4, 0.5) is 5.69 Å². The van der Waals surface area contributed by atoms with E-state index in [1.54, 1.807) is 37.3 Å². The van der Waals surface area contributed by atoms with Gasteiger partial charge in [0.05, 0.1) is 17.7 Å². The monoisotopic (exact) mass is 309 g/mol. The zero-order valence-electron chi connectivity index (χ0n) is 12.5. The first-order chi connectivity index (χ1) is 11.2. The number of hydrogen-bond donors (Lipinski definition) is 1. The van der Waals surface area contributed by atoms with Gasteiger partial charge in [0.2, 0.25) is 11.8 Å². The number of nitrogens with zero attached hydrogens (tertiary/aromatic N) is 2. The molecular formula is C17H15N3O3. The number of para-hydroxylation sites is 1. The molecule has 0 aliphatic heterocycles. The summed E-state index contributed by atoms with van der Waals surface area (Å²) >= 11 is 0. The summed E-state index contributed by atoms with van der Waals surface area (Å²) in [7, 11) is 0. The van der Waals surface area contributed by atoms with Crippen LogP contribution >= 0.6 is 0 Å². The normalized spacial score (nSPS) is 10.5. The molecule has 6 heteroatoms. The molecule has 0 amide bonds. The third-order valence-electron chi connectivity index (χ3n) is 3.26. The third-order valence-corrected chi connectivity index (χ3v) is 3.26. The van der Waals surface area contributed by atoms with E-state index < -0.39 is 0 Å². The molecule has 1 aromatic heterocycles. The van der Waals surface area contributed by atoms with Gasteiger partial charge in [0.15, 0.2) is 0 Å². The van der Waals surface area contributed by atoms with Crippen LogP contribution in [0.25, 0.3) is 22.9 Å². The second-order valence-corrected chi connectivity index (χ2v) is 4.80. The van der Waals surface area contributed by atoms with Gasteiger partial charge in [-0.25, -0.2) is 4.79 Å². The quantitative estimate of drug-likeness (QED) is 0.588. The number of rotatable bonds is 4. The molecule has 2 aromatic carbocycles. The van der Waals surface area contributed by atoms with Gasteiger partial charge < -0.3 is 14.9 Å². The van der Waals surface area contributed by atoms with Crippen LogP contribution in [-0.2, 0) is 4.74 Å². The Kier molecular flexibility index (Phi) is 4.05. The Hall–Kier alpha value is -3.15. The highest BCUT2D eigenvalue weighted by molar-refractivity contribution is 5.89. The largest absolute Gasteiger partial charge is 0.462 e. The van der Waals surface area contributed by atoms with Crippen molar-refractivity contribution in [1.82, 2.24) is 10.2 Å². The first kappa shape index (κ1) is 14.8. The van der Waals surface area contributed by atoms with Crippen LogP contribution in [0.15, 0.2) is 52.9 Å². The van der Waals surface area contributed by atoms with Crippen LogP contribution in [0, 0.1) is 0 Å². The molecule has 0 bridgehead atoms. The van der Waals surface area contributed by atoms with Crippen LogP contribution < -0.4 is 5.73 Å². The van der Waals surface area contributed by atoms with Gasteiger partial charge in [-0.2, -0.15) is 0 Å². The Balaban J connectivity index is 1.86. The average molecular weight is 309 g/mol. The summed E-state index contributed by atoms with van der Waals surface area (Å²) in [5.74, 6) is 0.355. The molecule has 0 unspecified atom stereocenters. The number of ether oxygens (including phenoxy) is 1. The zero-order valence-corrected chi connectivity index (χ0v) is 12.5. The van der Waals surface area contributed by atoms with Crippen molar-refractivity contribution in [3.05, 3.63) is 54.1 Å². The number of benzene rings is 2. The molecule has 1 heterocycles. The van der Waals surface area contributed by atoms with Crippen molar-refractivity contribution in [3.63, 3.8) is 0 Å². The van der Waals surface area contributed by atoms with Gasteiger partial charge in [-0.1, -0.05) is 12.1 Å². The smallest absolute Gasteiger partial charge is 0.338 e. The van der Waals surface area contributed by atoms with Crippen molar-refractivity contribution < 1.29 is 13.9 Å². The van der Waals surface area contributed by atoms with E-state index >= 15 is 0 Å². The number of anilines is 1. The minimum atomic E-state index is -0.359. The van der Waals surface area contributed by atoms with E-state index in [1.165, 1.54) is 0 Å². The van der Waals surface area contributed by atoms with Crippen LogP contribution in [0.2, 0.25) is 0 Å². The Morgan fingerprint density at radius 1 is 1.09 bits per heavy atom. The number of esters is 1. The summed E-state index contributed by atoms with van der Waals surface area (Å²) in [4.78, 5) is 11.6. The van der Waals surface area contributed by atoms with Crippen molar-refractivity contribution in [2.24, 2.45) is 0 Å². The molecule has 6 nitrogen and oxygen atoms in total. The number of nitrogen functional groups attached to an aromatic ring is 1. The molecule has 23 heavy (non-hydrogen) atoms. The zero-order chi connectivity index (χ0) is 16.2.